The van der Waals surface area contributed by atoms with Crippen molar-refractivity contribution >= 4 is 5.97 Å². The highest BCUT2D eigenvalue weighted by Crippen LogP contribution is 2.24. The molecule has 3 N–H and O–H groups in total. The van der Waals surface area contributed by atoms with Gasteiger partial charge in [0.15, 0.2) is 0 Å². The van der Waals surface area contributed by atoms with Crippen molar-refractivity contribution in [3.05, 3.63) is 0 Å². The van der Waals surface area contributed by atoms with Crippen molar-refractivity contribution in [2.24, 2.45) is 11.7 Å². The van der Waals surface area contributed by atoms with E-state index in [0.717, 1.165) is 19.0 Å². The molecule has 1 saturated heterocycles. The van der Waals surface area contributed by atoms with Gasteiger partial charge >= 0.3 is 5.97 Å². The largest absolute Gasteiger partial charge is 0.480 e. The Hall–Kier alpha value is -0.610. The number of hydrogen-bond donors (Lipinski definition) is 2. The van der Waals surface area contributed by atoms with Crippen LogP contribution >= 0.6 is 0 Å². The third-order valence-corrected chi connectivity index (χ3v) is 3.73. The standard InChI is InChI=1S/C12H24N2O2/c1-4-10-5-6-14(8-10)9(2)7-12(3,13)11(15)16/h9-10H,4-8,13H2,1-3H3,(H,15,16). The third kappa shape index (κ3) is 3.19. The fraction of sp³-hybridized carbons (Fsp3) is 0.917. The van der Waals surface area contributed by atoms with Crippen LogP contribution in [0.4, 0.5) is 0 Å². The summed E-state index contributed by atoms with van der Waals surface area (Å²) >= 11 is 0. The van der Waals surface area contributed by atoms with E-state index in [4.69, 9.17) is 10.8 Å². The molecule has 0 saturated carbocycles. The minimum atomic E-state index is -1.11. The molecule has 0 bridgehead atoms. The van der Waals surface area contributed by atoms with Gasteiger partial charge in [0.05, 0.1) is 0 Å². The van der Waals surface area contributed by atoms with Crippen LogP contribution in [0.25, 0.3) is 0 Å². The van der Waals surface area contributed by atoms with Crippen molar-refractivity contribution in [2.75, 3.05) is 13.1 Å². The summed E-state index contributed by atoms with van der Waals surface area (Å²) in [5, 5.41) is 8.99. The van der Waals surface area contributed by atoms with Crippen molar-refractivity contribution < 1.29 is 9.90 Å². The Bertz CT molecular complexity index is 253. The molecular weight excluding hydrogens is 204 g/mol. The van der Waals surface area contributed by atoms with Crippen molar-refractivity contribution in [1.82, 2.24) is 4.90 Å². The highest BCUT2D eigenvalue weighted by molar-refractivity contribution is 5.77. The minimum absolute atomic E-state index is 0.252. The van der Waals surface area contributed by atoms with Gasteiger partial charge in [-0.1, -0.05) is 13.3 Å². The van der Waals surface area contributed by atoms with Crippen LogP contribution in [0, 0.1) is 5.92 Å². The molecule has 94 valence electrons. The number of carboxylic acid groups (broad SMARTS) is 1. The molecule has 0 aromatic carbocycles. The van der Waals surface area contributed by atoms with E-state index < -0.39 is 11.5 Å². The van der Waals surface area contributed by atoms with E-state index in [9.17, 15) is 4.79 Å². The van der Waals surface area contributed by atoms with Gasteiger partial charge in [-0.05, 0) is 39.2 Å². The molecule has 0 radical (unpaired) electrons. The van der Waals surface area contributed by atoms with Crippen molar-refractivity contribution in [3.8, 4) is 0 Å². The van der Waals surface area contributed by atoms with Crippen LogP contribution in [-0.2, 0) is 4.79 Å². The molecule has 0 aliphatic carbocycles. The van der Waals surface area contributed by atoms with E-state index in [1.54, 1.807) is 6.92 Å². The summed E-state index contributed by atoms with van der Waals surface area (Å²) in [4.78, 5) is 13.3. The van der Waals surface area contributed by atoms with Gasteiger partial charge in [-0.3, -0.25) is 4.79 Å². The summed E-state index contributed by atoms with van der Waals surface area (Å²) < 4.78 is 0. The Morgan fingerprint density at radius 2 is 2.31 bits per heavy atom. The van der Waals surface area contributed by atoms with Crippen LogP contribution in [0.5, 0.6) is 0 Å². The molecule has 1 aliphatic rings. The Morgan fingerprint density at radius 1 is 1.69 bits per heavy atom. The summed E-state index contributed by atoms with van der Waals surface area (Å²) in [6.07, 6.45) is 2.95. The molecule has 1 aliphatic heterocycles. The zero-order valence-electron chi connectivity index (χ0n) is 10.6. The lowest BCUT2D eigenvalue weighted by molar-refractivity contribution is -0.143. The quantitative estimate of drug-likeness (QED) is 0.744. The first kappa shape index (κ1) is 13.5. The van der Waals surface area contributed by atoms with Gasteiger partial charge in [-0.15, -0.1) is 0 Å². The smallest absolute Gasteiger partial charge is 0.323 e. The first-order valence-electron chi connectivity index (χ1n) is 6.13. The van der Waals surface area contributed by atoms with Crippen molar-refractivity contribution in [3.63, 3.8) is 0 Å². The fourth-order valence-corrected chi connectivity index (χ4v) is 2.43. The molecule has 1 fully saturated rings. The predicted molar refractivity (Wildman–Crippen MR) is 64.3 cm³/mol. The normalized spacial score (nSPS) is 27.6. The minimum Gasteiger partial charge on any atom is -0.480 e. The predicted octanol–water partition coefficient (Wildman–Crippen LogP) is 1.30. The van der Waals surface area contributed by atoms with Gasteiger partial charge in [0.1, 0.15) is 5.54 Å². The first-order valence-corrected chi connectivity index (χ1v) is 6.13. The maximum atomic E-state index is 10.9. The number of likely N-dealkylation sites (tertiary alicyclic amines) is 1. The second-order valence-corrected chi connectivity index (χ2v) is 5.33. The molecule has 0 amide bonds. The van der Waals surface area contributed by atoms with Gasteiger partial charge in [-0.25, -0.2) is 0 Å². The lowest BCUT2D eigenvalue weighted by Gasteiger charge is -2.30. The number of rotatable bonds is 5. The Kier molecular flexibility index (Phi) is 4.33. The van der Waals surface area contributed by atoms with Crippen molar-refractivity contribution in [2.45, 2.75) is 51.6 Å². The monoisotopic (exact) mass is 228 g/mol. The summed E-state index contributed by atoms with van der Waals surface area (Å²) in [6, 6.07) is 0.252. The Labute approximate surface area is 97.8 Å². The van der Waals surface area contributed by atoms with Gasteiger partial charge in [0.25, 0.3) is 0 Å². The van der Waals surface area contributed by atoms with E-state index in [1.807, 2.05) is 0 Å². The van der Waals surface area contributed by atoms with E-state index >= 15 is 0 Å². The van der Waals surface area contributed by atoms with Gasteiger partial charge in [0.2, 0.25) is 0 Å². The summed E-state index contributed by atoms with van der Waals surface area (Å²) in [5.41, 5.74) is 4.66. The number of carboxylic acids is 1. The molecule has 1 rings (SSSR count). The van der Waals surface area contributed by atoms with Crippen LogP contribution in [0.3, 0.4) is 0 Å². The molecule has 0 aromatic heterocycles. The second-order valence-electron chi connectivity index (χ2n) is 5.33. The topological polar surface area (TPSA) is 66.6 Å². The SMILES string of the molecule is CCC1CCN(C(C)CC(C)(N)C(=O)O)C1. The lowest BCUT2D eigenvalue weighted by atomic mass is 9.94. The van der Waals surface area contributed by atoms with E-state index in [0.29, 0.717) is 6.42 Å². The van der Waals surface area contributed by atoms with Gasteiger partial charge < -0.3 is 15.7 Å². The van der Waals surface area contributed by atoms with Gasteiger partial charge in [0, 0.05) is 12.6 Å². The highest BCUT2D eigenvalue weighted by atomic mass is 16.4. The first-order chi connectivity index (χ1) is 7.36. The third-order valence-electron chi connectivity index (χ3n) is 3.73. The molecule has 3 unspecified atom stereocenters. The van der Waals surface area contributed by atoms with E-state index in [-0.39, 0.29) is 6.04 Å². The lowest BCUT2D eigenvalue weighted by Crippen LogP contribution is -2.49. The number of nitrogens with two attached hydrogens (primary N) is 1. The van der Waals surface area contributed by atoms with Crippen LogP contribution < -0.4 is 5.73 Å². The van der Waals surface area contributed by atoms with Crippen LogP contribution in [0.15, 0.2) is 0 Å². The number of hydrogen-bond acceptors (Lipinski definition) is 3. The number of aliphatic carboxylic acids is 1. The van der Waals surface area contributed by atoms with E-state index in [2.05, 4.69) is 18.7 Å². The average molecular weight is 228 g/mol. The van der Waals surface area contributed by atoms with E-state index in [1.165, 1.54) is 12.8 Å². The summed E-state index contributed by atoms with van der Waals surface area (Å²) in [7, 11) is 0. The maximum Gasteiger partial charge on any atom is 0.323 e. The fourth-order valence-electron chi connectivity index (χ4n) is 2.43. The molecular formula is C12H24N2O2. The zero-order valence-corrected chi connectivity index (χ0v) is 10.6. The molecule has 1 heterocycles. The Morgan fingerprint density at radius 3 is 2.75 bits per heavy atom. The highest BCUT2D eigenvalue weighted by Gasteiger charge is 2.33. The molecule has 0 spiro atoms. The van der Waals surface area contributed by atoms with Gasteiger partial charge in [-0.2, -0.15) is 0 Å². The number of nitrogens with zero attached hydrogens (tertiary/aromatic N) is 1. The molecule has 4 heteroatoms. The maximum absolute atomic E-state index is 10.9. The number of carbonyl (C=O) groups is 1. The molecule has 16 heavy (non-hydrogen) atoms. The average Bonchev–Trinajstić information content (AvgIpc) is 2.64. The Balaban J connectivity index is 2.47. The van der Waals surface area contributed by atoms with Crippen LogP contribution in [-0.4, -0.2) is 40.6 Å². The summed E-state index contributed by atoms with van der Waals surface area (Å²) in [6.45, 7) is 8.05. The van der Waals surface area contributed by atoms with Crippen LogP contribution in [0.2, 0.25) is 0 Å². The molecule has 4 nitrogen and oxygen atoms in total. The molecule has 0 aromatic rings. The van der Waals surface area contributed by atoms with Crippen LogP contribution in [0.1, 0.15) is 40.0 Å². The van der Waals surface area contributed by atoms with Crippen molar-refractivity contribution in [1.29, 1.82) is 0 Å². The second kappa shape index (κ2) is 5.15. The zero-order chi connectivity index (χ0) is 12.3. The molecule has 3 atom stereocenters. The summed E-state index contributed by atoms with van der Waals surface area (Å²) in [5.74, 6) is -0.137.